The molecule has 2 bridgehead atoms. The first kappa shape index (κ1) is 27.9. The van der Waals surface area contributed by atoms with E-state index < -0.39 is 11.7 Å². The average molecular weight is 606 g/mol. The zero-order chi connectivity index (χ0) is 31.1. The van der Waals surface area contributed by atoms with Gasteiger partial charge >= 0.3 is 0 Å². The number of aryl methyl sites for hydroxylation is 1. The van der Waals surface area contributed by atoms with Crippen LogP contribution in [0.3, 0.4) is 0 Å². The maximum Gasteiger partial charge on any atom is 0.254 e. The zero-order valence-electron chi connectivity index (χ0n) is 25.7. The number of carbonyl (C=O) groups excluding carboxylic acids is 2. The molecule has 3 aliphatic rings. The summed E-state index contributed by atoms with van der Waals surface area (Å²) in [4.78, 5) is 27.4. The molecule has 3 aromatic carbocycles. The Morgan fingerprint density at radius 2 is 1.80 bits per heavy atom. The maximum absolute atomic E-state index is 14.7. The van der Waals surface area contributed by atoms with Crippen LogP contribution in [0.1, 0.15) is 58.9 Å². The number of primary amides is 1. The number of halogens is 1. The monoisotopic (exact) mass is 605 g/mol. The second-order valence-electron chi connectivity index (χ2n) is 13.2. The predicted octanol–water partition coefficient (Wildman–Crippen LogP) is 7.56. The molecule has 45 heavy (non-hydrogen) atoms. The molecule has 230 valence electrons. The van der Waals surface area contributed by atoms with E-state index in [4.69, 9.17) is 14.9 Å². The van der Waals surface area contributed by atoms with Crippen LogP contribution in [0.15, 0.2) is 59.0 Å². The summed E-state index contributed by atoms with van der Waals surface area (Å²) in [5.74, 6) is 1.71. The number of furan rings is 1. The normalized spacial score (nSPS) is 20.9. The van der Waals surface area contributed by atoms with Crippen molar-refractivity contribution in [3.63, 3.8) is 0 Å². The number of nitrogens with zero attached hydrogens (tertiary/aromatic N) is 2. The second kappa shape index (κ2) is 10.2. The van der Waals surface area contributed by atoms with Crippen molar-refractivity contribution < 1.29 is 23.1 Å². The summed E-state index contributed by atoms with van der Waals surface area (Å²) in [5.41, 5.74) is 10.9. The number of nitrogens with two attached hydrogens (primary N) is 1. The molecule has 5 aromatic rings. The molecular formula is C37H36FN3O4. The molecule has 0 radical (unpaired) electrons. The Morgan fingerprint density at radius 3 is 2.47 bits per heavy atom. The van der Waals surface area contributed by atoms with Crippen molar-refractivity contribution in [2.45, 2.75) is 52.1 Å². The number of piperidine rings is 1. The van der Waals surface area contributed by atoms with Crippen molar-refractivity contribution in [3.8, 4) is 28.3 Å². The predicted molar refractivity (Wildman–Crippen MR) is 172 cm³/mol. The highest BCUT2D eigenvalue weighted by Gasteiger charge is 2.46. The molecular weight excluding hydrogens is 569 g/mol. The summed E-state index contributed by atoms with van der Waals surface area (Å²) in [6, 6.07) is 16.8. The molecule has 2 unspecified atom stereocenters. The van der Waals surface area contributed by atoms with Crippen LogP contribution in [0.25, 0.3) is 44.5 Å². The lowest BCUT2D eigenvalue weighted by molar-refractivity contribution is 0.0695. The highest BCUT2D eigenvalue weighted by molar-refractivity contribution is 6.02. The van der Waals surface area contributed by atoms with Crippen LogP contribution in [0.4, 0.5) is 4.39 Å². The van der Waals surface area contributed by atoms with Gasteiger partial charge in [-0.05, 0) is 97.9 Å². The lowest BCUT2D eigenvalue weighted by atomic mass is 10.0. The van der Waals surface area contributed by atoms with Gasteiger partial charge in [-0.3, -0.25) is 9.59 Å². The van der Waals surface area contributed by atoms with Crippen LogP contribution in [-0.4, -0.2) is 41.0 Å². The Morgan fingerprint density at radius 1 is 1.02 bits per heavy atom. The number of benzene rings is 3. The molecule has 3 fully saturated rings. The third-order valence-corrected chi connectivity index (χ3v) is 10.6. The van der Waals surface area contributed by atoms with Crippen molar-refractivity contribution in [2.24, 2.45) is 23.5 Å². The number of hydrogen-bond acceptors (Lipinski definition) is 4. The number of methoxy groups -OCH3 is 1. The number of hydrogen-bond donors (Lipinski definition) is 1. The topological polar surface area (TPSA) is 90.7 Å². The number of rotatable bonds is 7. The molecule has 8 heteroatoms. The van der Waals surface area contributed by atoms with Crippen molar-refractivity contribution in [1.82, 2.24) is 9.47 Å². The van der Waals surface area contributed by atoms with Gasteiger partial charge in [-0.15, -0.1) is 0 Å². The van der Waals surface area contributed by atoms with Gasteiger partial charge in [0.25, 0.3) is 11.8 Å². The minimum Gasteiger partial charge on any atom is -0.496 e. The molecule has 1 aliphatic heterocycles. The van der Waals surface area contributed by atoms with Crippen LogP contribution in [-0.2, 0) is 6.54 Å². The molecule has 2 N–H and O–H groups in total. The zero-order valence-corrected chi connectivity index (χ0v) is 25.7. The summed E-state index contributed by atoms with van der Waals surface area (Å²) < 4.78 is 29.5. The average Bonchev–Trinajstić information content (AvgIpc) is 3.44. The quantitative estimate of drug-likeness (QED) is 0.207. The fourth-order valence-electron chi connectivity index (χ4n) is 7.85. The van der Waals surface area contributed by atoms with Gasteiger partial charge < -0.3 is 24.4 Å². The Labute approximate surface area is 260 Å². The first-order valence-corrected chi connectivity index (χ1v) is 15.9. The van der Waals surface area contributed by atoms with Crippen LogP contribution in [0.2, 0.25) is 0 Å². The van der Waals surface area contributed by atoms with Gasteiger partial charge in [0, 0.05) is 41.2 Å². The highest BCUT2D eigenvalue weighted by atomic mass is 19.1. The summed E-state index contributed by atoms with van der Waals surface area (Å²) in [5, 5.41) is 1.92. The molecule has 2 amide bonds. The second-order valence-corrected chi connectivity index (χ2v) is 13.2. The van der Waals surface area contributed by atoms with E-state index >= 15 is 0 Å². The fourth-order valence-corrected chi connectivity index (χ4v) is 7.85. The van der Waals surface area contributed by atoms with Crippen LogP contribution in [0.5, 0.6) is 5.75 Å². The van der Waals surface area contributed by atoms with Gasteiger partial charge in [-0.2, -0.15) is 0 Å². The standard InChI is InChI=1S/C37H36FN3O4/c1-19-25-9-11-29(19)41(18-25)37(43)26-15-32(44-3)34-20(2)35(45-33(34)16-26)31-14-24-7-6-23(13-30(24)40(31)17-21-4-5-21)22-8-10-27(36(39)42)28(38)12-22/h6-8,10,12-16,19,21,25,29H,4-5,9,11,17-18H2,1-3H3,(H2,39,42)/t19-,25?,29?/m1/s1. The number of likely N-dealkylation sites (tertiary alicyclic amines) is 1. The smallest absolute Gasteiger partial charge is 0.254 e. The lowest BCUT2D eigenvalue weighted by Crippen LogP contribution is -2.38. The van der Waals surface area contributed by atoms with E-state index in [1.807, 2.05) is 31.2 Å². The minimum atomic E-state index is -0.788. The molecule has 2 aromatic heterocycles. The lowest BCUT2D eigenvalue weighted by Gasteiger charge is -2.27. The van der Waals surface area contributed by atoms with E-state index in [1.165, 1.54) is 31.4 Å². The van der Waals surface area contributed by atoms with E-state index in [1.54, 1.807) is 13.2 Å². The van der Waals surface area contributed by atoms with Gasteiger partial charge in [0.05, 0.1) is 23.8 Å². The van der Waals surface area contributed by atoms with E-state index in [-0.39, 0.29) is 11.5 Å². The highest BCUT2D eigenvalue weighted by Crippen LogP contribution is 2.45. The van der Waals surface area contributed by atoms with Gasteiger partial charge in [0.1, 0.15) is 17.1 Å². The third kappa shape index (κ3) is 4.44. The van der Waals surface area contributed by atoms with Gasteiger partial charge in [-0.25, -0.2) is 4.39 Å². The van der Waals surface area contributed by atoms with E-state index in [0.29, 0.717) is 46.3 Å². The van der Waals surface area contributed by atoms with Crippen molar-refractivity contribution in [3.05, 3.63) is 77.1 Å². The largest absolute Gasteiger partial charge is 0.496 e. The van der Waals surface area contributed by atoms with Gasteiger partial charge in [0.15, 0.2) is 5.76 Å². The SMILES string of the molecule is COc1cc(C(=O)N2CC3CCC2[C@@H]3C)cc2oc(-c3cc4ccc(-c5ccc(C(N)=O)c(F)c5)cc4n3CC3CC3)c(C)c12. The first-order chi connectivity index (χ1) is 21.7. The Kier molecular flexibility index (Phi) is 6.34. The van der Waals surface area contributed by atoms with E-state index in [9.17, 15) is 14.0 Å². The van der Waals surface area contributed by atoms with Crippen molar-refractivity contribution in [1.29, 1.82) is 0 Å². The summed E-state index contributed by atoms with van der Waals surface area (Å²) >= 11 is 0. The minimum absolute atomic E-state index is 0.0422. The van der Waals surface area contributed by atoms with Crippen LogP contribution in [0, 0.1) is 30.5 Å². The Bertz CT molecular complexity index is 2040. The molecule has 7 nitrogen and oxygen atoms in total. The molecule has 2 aliphatic carbocycles. The number of amides is 2. The summed E-state index contributed by atoms with van der Waals surface area (Å²) in [6.45, 7) is 5.96. The van der Waals surface area contributed by atoms with Crippen LogP contribution < -0.4 is 10.5 Å². The molecule has 0 spiro atoms. The number of aromatic nitrogens is 1. The Hall–Kier alpha value is -4.59. The van der Waals surface area contributed by atoms with Crippen molar-refractivity contribution >= 4 is 33.7 Å². The van der Waals surface area contributed by atoms with Gasteiger partial charge in [-0.1, -0.05) is 25.1 Å². The number of fused-ring (bicyclic) bond motifs is 4. The number of carbonyl (C=O) groups is 2. The van der Waals surface area contributed by atoms with Crippen LogP contribution >= 0.6 is 0 Å². The summed E-state index contributed by atoms with van der Waals surface area (Å²) in [6.07, 6.45) is 4.62. The molecule has 8 rings (SSSR count). The van der Waals surface area contributed by atoms with E-state index in [2.05, 4.69) is 28.5 Å². The fraction of sp³-hybridized carbons (Fsp3) is 0.351. The number of ether oxygens (including phenoxy) is 1. The van der Waals surface area contributed by atoms with Gasteiger partial charge in [0.2, 0.25) is 0 Å². The molecule has 2 saturated carbocycles. The van der Waals surface area contributed by atoms with Crippen molar-refractivity contribution in [2.75, 3.05) is 13.7 Å². The molecule has 3 atom stereocenters. The van der Waals surface area contributed by atoms with E-state index in [0.717, 1.165) is 58.4 Å². The molecule has 1 saturated heterocycles. The summed E-state index contributed by atoms with van der Waals surface area (Å²) in [7, 11) is 1.64. The molecule has 3 heterocycles. The third-order valence-electron chi connectivity index (χ3n) is 10.6. The Balaban J connectivity index is 1.23. The first-order valence-electron chi connectivity index (χ1n) is 15.9. The maximum atomic E-state index is 14.7.